The predicted octanol–water partition coefficient (Wildman–Crippen LogP) is 3.54. The highest BCUT2D eigenvalue weighted by Crippen LogP contribution is 2.42. The van der Waals surface area contributed by atoms with Gasteiger partial charge in [-0.1, -0.05) is 31.9 Å². The minimum atomic E-state index is 0.373. The Hall–Kier alpha value is -1.22. The summed E-state index contributed by atoms with van der Waals surface area (Å²) >= 11 is 0. The van der Waals surface area contributed by atoms with Crippen molar-refractivity contribution in [2.24, 2.45) is 5.92 Å². The van der Waals surface area contributed by atoms with Gasteiger partial charge in [-0.2, -0.15) is 0 Å². The zero-order valence-corrected chi connectivity index (χ0v) is 12.2. The van der Waals surface area contributed by atoms with Crippen molar-refractivity contribution < 1.29 is 9.47 Å². The van der Waals surface area contributed by atoms with Crippen LogP contribution >= 0.6 is 0 Å². The molecule has 1 saturated carbocycles. The highest BCUT2D eigenvalue weighted by Gasteiger charge is 2.28. The smallest absolute Gasteiger partial charge is 0.165 e. The van der Waals surface area contributed by atoms with E-state index in [1.165, 1.54) is 24.8 Å². The molecule has 1 aromatic carbocycles. The maximum Gasteiger partial charge on any atom is 0.165 e. The molecule has 0 saturated heterocycles. The van der Waals surface area contributed by atoms with E-state index in [0.717, 1.165) is 30.4 Å². The van der Waals surface area contributed by atoms with Crippen LogP contribution in [0.2, 0.25) is 0 Å². The Morgan fingerprint density at radius 3 is 2.63 bits per heavy atom. The Morgan fingerprint density at radius 2 is 2.05 bits per heavy atom. The van der Waals surface area contributed by atoms with E-state index in [-0.39, 0.29) is 0 Å². The van der Waals surface area contributed by atoms with Crippen molar-refractivity contribution in [2.45, 2.75) is 38.6 Å². The molecule has 0 aliphatic heterocycles. The summed E-state index contributed by atoms with van der Waals surface area (Å²) in [6.07, 6.45) is 5.09. The monoisotopic (exact) mass is 263 g/mol. The molecule has 1 unspecified atom stereocenters. The Kier molecular flexibility index (Phi) is 5.08. The van der Waals surface area contributed by atoms with Crippen molar-refractivity contribution in [3.05, 3.63) is 23.8 Å². The van der Waals surface area contributed by atoms with Crippen molar-refractivity contribution >= 4 is 0 Å². The van der Waals surface area contributed by atoms with E-state index in [1.807, 2.05) is 12.1 Å². The largest absolute Gasteiger partial charge is 0.493 e. The Bertz CT molecular complexity index is 402. The highest BCUT2D eigenvalue weighted by molar-refractivity contribution is 5.48. The quantitative estimate of drug-likeness (QED) is 0.778. The second-order valence-electron chi connectivity index (χ2n) is 5.27. The van der Waals surface area contributed by atoms with E-state index in [9.17, 15) is 0 Å². The molecule has 0 aromatic heterocycles. The number of hydrogen-bond acceptors (Lipinski definition) is 3. The Balaban J connectivity index is 2.22. The number of ether oxygens (including phenoxy) is 2. The lowest BCUT2D eigenvalue weighted by Crippen LogP contribution is -2.23. The molecule has 1 fully saturated rings. The molecule has 106 valence electrons. The molecule has 0 heterocycles. The SMILES string of the molecule is CCCNC(CC1CC1)c1cccc(OC)c1OC. The number of nitrogens with one attached hydrogen (secondary N) is 1. The molecule has 3 nitrogen and oxygen atoms in total. The first-order valence-corrected chi connectivity index (χ1v) is 7.24. The third-order valence-corrected chi connectivity index (χ3v) is 3.72. The first kappa shape index (κ1) is 14.2. The van der Waals surface area contributed by atoms with Gasteiger partial charge in [-0.25, -0.2) is 0 Å². The van der Waals surface area contributed by atoms with E-state index in [4.69, 9.17) is 9.47 Å². The number of methoxy groups -OCH3 is 2. The van der Waals surface area contributed by atoms with Crippen LogP contribution in [0.4, 0.5) is 0 Å². The summed E-state index contributed by atoms with van der Waals surface area (Å²) in [6.45, 7) is 3.24. The van der Waals surface area contributed by atoms with Gasteiger partial charge in [0.1, 0.15) is 0 Å². The van der Waals surface area contributed by atoms with Crippen molar-refractivity contribution in [2.75, 3.05) is 20.8 Å². The van der Waals surface area contributed by atoms with E-state index < -0.39 is 0 Å². The maximum atomic E-state index is 5.57. The van der Waals surface area contributed by atoms with Gasteiger partial charge in [0.25, 0.3) is 0 Å². The first-order valence-electron chi connectivity index (χ1n) is 7.24. The molecule has 1 aliphatic carbocycles. The fourth-order valence-corrected chi connectivity index (χ4v) is 2.51. The van der Waals surface area contributed by atoms with Crippen molar-refractivity contribution in [1.29, 1.82) is 0 Å². The van der Waals surface area contributed by atoms with Crippen LogP contribution in [-0.4, -0.2) is 20.8 Å². The van der Waals surface area contributed by atoms with Gasteiger partial charge in [0, 0.05) is 11.6 Å². The van der Waals surface area contributed by atoms with Crippen LogP contribution in [0.5, 0.6) is 11.5 Å². The molecule has 2 rings (SSSR count). The average Bonchev–Trinajstić information content (AvgIpc) is 3.26. The molecule has 3 heteroatoms. The minimum absolute atomic E-state index is 0.373. The van der Waals surface area contributed by atoms with Gasteiger partial charge in [-0.15, -0.1) is 0 Å². The van der Waals surface area contributed by atoms with Gasteiger partial charge in [0.15, 0.2) is 11.5 Å². The van der Waals surface area contributed by atoms with Gasteiger partial charge in [0.2, 0.25) is 0 Å². The topological polar surface area (TPSA) is 30.5 Å². The van der Waals surface area contributed by atoms with Crippen LogP contribution in [0.1, 0.15) is 44.2 Å². The molecule has 0 bridgehead atoms. The van der Waals surface area contributed by atoms with Gasteiger partial charge in [0.05, 0.1) is 14.2 Å². The van der Waals surface area contributed by atoms with E-state index in [1.54, 1.807) is 14.2 Å². The maximum absolute atomic E-state index is 5.57. The normalized spacial score (nSPS) is 16.2. The standard InChI is InChI=1S/C16H25NO2/c1-4-10-17-14(11-12-8-9-12)13-6-5-7-15(18-2)16(13)19-3/h5-7,12,14,17H,4,8-11H2,1-3H3. The third-order valence-electron chi connectivity index (χ3n) is 3.72. The van der Waals surface area contributed by atoms with E-state index in [0.29, 0.717) is 6.04 Å². The first-order chi connectivity index (χ1) is 9.30. The zero-order chi connectivity index (χ0) is 13.7. The van der Waals surface area contributed by atoms with Crippen molar-refractivity contribution in [3.63, 3.8) is 0 Å². The molecular weight excluding hydrogens is 238 g/mol. The van der Waals surface area contributed by atoms with Crippen LogP contribution in [0.3, 0.4) is 0 Å². The molecule has 1 aromatic rings. The van der Waals surface area contributed by atoms with Crippen LogP contribution in [-0.2, 0) is 0 Å². The molecule has 0 amide bonds. The number of hydrogen-bond donors (Lipinski definition) is 1. The van der Waals surface area contributed by atoms with Gasteiger partial charge in [-0.05, 0) is 31.4 Å². The van der Waals surface area contributed by atoms with Crippen molar-refractivity contribution in [3.8, 4) is 11.5 Å². The van der Waals surface area contributed by atoms with Crippen LogP contribution < -0.4 is 14.8 Å². The summed E-state index contributed by atoms with van der Waals surface area (Å²) in [5, 5.41) is 3.65. The molecule has 1 atom stereocenters. The molecule has 19 heavy (non-hydrogen) atoms. The van der Waals surface area contributed by atoms with Gasteiger partial charge in [-0.3, -0.25) is 0 Å². The highest BCUT2D eigenvalue weighted by atomic mass is 16.5. The van der Waals surface area contributed by atoms with Gasteiger partial charge < -0.3 is 14.8 Å². The second-order valence-corrected chi connectivity index (χ2v) is 5.27. The number of para-hydroxylation sites is 1. The summed E-state index contributed by atoms with van der Waals surface area (Å²) in [4.78, 5) is 0. The molecule has 0 radical (unpaired) electrons. The molecule has 1 N–H and O–H groups in total. The summed E-state index contributed by atoms with van der Waals surface area (Å²) < 4.78 is 11.0. The van der Waals surface area contributed by atoms with E-state index >= 15 is 0 Å². The third kappa shape index (κ3) is 3.63. The Labute approximate surface area is 116 Å². The Morgan fingerprint density at radius 1 is 1.26 bits per heavy atom. The summed E-state index contributed by atoms with van der Waals surface area (Å²) in [7, 11) is 3.41. The second kappa shape index (κ2) is 6.80. The fraction of sp³-hybridized carbons (Fsp3) is 0.625. The number of rotatable bonds is 8. The average molecular weight is 263 g/mol. The van der Waals surface area contributed by atoms with Crippen LogP contribution in [0.15, 0.2) is 18.2 Å². The summed E-state index contributed by atoms with van der Waals surface area (Å²) in [6, 6.07) is 6.52. The lowest BCUT2D eigenvalue weighted by atomic mass is 9.99. The van der Waals surface area contributed by atoms with Crippen molar-refractivity contribution in [1.82, 2.24) is 5.32 Å². The number of benzene rings is 1. The zero-order valence-electron chi connectivity index (χ0n) is 12.2. The minimum Gasteiger partial charge on any atom is -0.493 e. The lowest BCUT2D eigenvalue weighted by molar-refractivity contribution is 0.343. The lowest BCUT2D eigenvalue weighted by Gasteiger charge is -2.22. The predicted molar refractivity (Wildman–Crippen MR) is 77.9 cm³/mol. The molecule has 1 aliphatic rings. The van der Waals surface area contributed by atoms with Crippen LogP contribution in [0.25, 0.3) is 0 Å². The molecule has 0 spiro atoms. The van der Waals surface area contributed by atoms with Crippen LogP contribution in [0, 0.1) is 5.92 Å². The van der Waals surface area contributed by atoms with Gasteiger partial charge >= 0.3 is 0 Å². The van der Waals surface area contributed by atoms with E-state index in [2.05, 4.69) is 18.3 Å². The fourth-order valence-electron chi connectivity index (χ4n) is 2.51. The molecular formula is C16H25NO2. The summed E-state index contributed by atoms with van der Waals surface area (Å²) in [5.74, 6) is 2.57. The summed E-state index contributed by atoms with van der Waals surface area (Å²) in [5.41, 5.74) is 1.22.